The second-order valence-electron chi connectivity index (χ2n) is 9.46. The van der Waals surface area contributed by atoms with Crippen molar-refractivity contribution >= 4 is 41.0 Å². The summed E-state index contributed by atoms with van der Waals surface area (Å²) in [5.41, 5.74) is 2.23. The molecule has 2 heterocycles. The fourth-order valence-corrected chi connectivity index (χ4v) is 5.04. The third-order valence-electron chi connectivity index (χ3n) is 6.36. The molecule has 2 aromatic carbocycles. The zero-order valence-corrected chi connectivity index (χ0v) is 22.6. The SMILES string of the molecule is Cc1cc(Nc2ccnc(Nc3ccc(SN4CCC(N(C)CC(=O)N(C)C)CC4)cc3)n2)ccc1F. The molecule has 8 nitrogen and oxygen atoms in total. The monoisotopic (exact) mass is 523 g/mol. The molecule has 1 aliphatic heterocycles. The van der Waals surface area contributed by atoms with Gasteiger partial charge in [0.25, 0.3) is 0 Å². The van der Waals surface area contributed by atoms with E-state index in [4.69, 9.17) is 0 Å². The number of aromatic nitrogens is 2. The Morgan fingerprint density at radius 1 is 1.05 bits per heavy atom. The average molecular weight is 524 g/mol. The number of likely N-dealkylation sites (N-methyl/N-ethyl adjacent to an activating group) is 2. The molecule has 196 valence electrons. The van der Waals surface area contributed by atoms with Gasteiger partial charge in [0.15, 0.2) is 0 Å². The van der Waals surface area contributed by atoms with Crippen molar-refractivity contribution in [3.63, 3.8) is 0 Å². The summed E-state index contributed by atoms with van der Waals surface area (Å²) in [5.74, 6) is 1.01. The molecule has 0 saturated carbocycles. The van der Waals surface area contributed by atoms with Crippen molar-refractivity contribution in [1.82, 2.24) is 24.1 Å². The van der Waals surface area contributed by atoms with Gasteiger partial charge in [0.05, 0.1) is 6.54 Å². The molecular weight excluding hydrogens is 489 g/mol. The van der Waals surface area contributed by atoms with Crippen molar-refractivity contribution < 1.29 is 9.18 Å². The van der Waals surface area contributed by atoms with Crippen molar-refractivity contribution in [2.45, 2.75) is 30.7 Å². The molecule has 3 aromatic rings. The number of carbonyl (C=O) groups excluding carboxylic acids is 1. The lowest BCUT2D eigenvalue weighted by molar-refractivity contribution is -0.130. The van der Waals surface area contributed by atoms with Gasteiger partial charge in [0.1, 0.15) is 11.6 Å². The highest BCUT2D eigenvalue weighted by Gasteiger charge is 2.24. The van der Waals surface area contributed by atoms with Crippen LogP contribution in [0.3, 0.4) is 0 Å². The molecule has 1 saturated heterocycles. The number of rotatable bonds is 9. The number of nitrogens with one attached hydrogen (secondary N) is 2. The molecule has 1 aliphatic rings. The van der Waals surface area contributed by atoms with Gasteiger partial charge < -0.3 is 15.5 Å². The first-order valence-electron chi connectivity index (χ1n) is 12.3. The van der Waals surface area contributed by atoms with Gasteiger partial charge in [-0.25, -0.2) is 13.7 Å². The molecule has 0 spiro atoms. The van der Waals surface area contributed by atoms with E-state index in [-0.39, 0.29) is 11.7 Å². The maximum absolute atomic E-state index is 13.5. The van der Waals surface area contributed by atoms with Crippen LogP contribution in [0.4, 0.5) is 27.5 Å². The Hall–Kier alpha value is -3.21. The van der Waals surface area contributed by atoms with Gasteiger partial charge in [-0.1, -0.05) is 0 Å². The number of hydrogen-bond acceptors (Lipinski definition) is 8. The lowest BCUT2D eigenvalue weighted by Gasteiger charge is -2.36. The first-order valence-corrected chi connectivity index (χ1v) is 13.1. The molecular formula is C27H34FN7OS. The van der Waals surface area contributed by atoms with E-state index in [0.717, 1.165) is 37.3 Å². The van der Waals surface area contributed by atoms with Gasteiger partial charge in [0.2, 0.25) is 11.9 Å². The predicted octanol–water partition coefficient (Wildman–Crippen LogP) is 4.90. The number of anilines is 4. The topological polar surface area (TPSA) is 76.6 Å². The molecule has 1 aromatic heterocycles. The van der Waals surface area contributed by atoms with Crippen molar-refractivity contribution in [3.8, 4) is 0 Å². The second-order valence-corrected chi connectivity index (χ2v) is 10.6. The highest BCUT2D eigenvalue weighted by atomic mass is 32.2. The van der Waals surface area contributed by atoms with Crippen molar-refractivity contribution in [2.75, 3.05) is 51.4 Å². The molecule has 1 amide bonds. The molecule has 10 heteroatoms. The van der Waals surface area contributed by atoms with Gasteiger partial charge in [0, 0.05) is 55.7 Å². The highest BCUT2D eigenvalue weighted by molar-refractivity contribution is 7.97. The van der Waals surface area contributed by atoms with Crippen LogP contribution in [0.5, 0.6) is 0 Å². The number of hydrogen-bond donors (Lipinski definition) is 2. The smallest absolute Gasteiger partial charge is 0.236 e. The normalized spacial score (nSPS) is 14.5. The summed E-state index contributed by atoms with van der Waals surface area (Å²) in [7, 11) is 5.64. The van der Waals surface area contributed by atoms with E-state index in [9.17, 15) is 9.18 Å². The summed E-state index contributed by atoms with van der Waals surface area (Å²) < 4.78 is 15.9. The number of carbonyl (C=O) groups is 1. The van der Waals surface area contributed by atoms with Crippen LogP contribution in [0.15, 0.2) is 59.6 Å². The van der Waals surface area contributed by atoms with E-state index in [0.29, 0.717) is 29.9 Å². The van der Waals surface area contributed by atoms with Crippen LogP contribution in [0, 0.1) is 12.7 Å². The Labute approximate surface area is 222 Å². The number of piperidine rings is 1. The first kappa shape index (κ1) is 26.8. The van der Waals surface area contributed by atoms with E-state index in [1.54, 1.807) is 62.3 Å². The van der Waals surface area contributed by atoms with Gasteiger partial charge in [-0.2, -0.15) is 4.98 Å². The van der Waals surface area contributed by atoms with Crippen LogP contribution in [0.25, 0.3) is 0 Å². The first-order chi connectivity index (χ1) is 17.8. The average Bonchev–Trinajstić information content (AvgIpc) is 2.88. The Balaban J connectivity index is 1.27. The second kappa shape index (κ2) is 12.4. The molecule has 0 aliphatic carbocycles. The third kappa shape index (κ3) is 7.64. The van der Waals surface area contributed by atoms with Crippen molar-refractivity contribution in [2.24, 2.45) is 0 Å². The van der Waals surface area contributed by atoms with Gasteiger partial charge in [-0.15, -0.1) is 0 Å². The van der Waals surface area contributed by atoms with E-state index < -0.39 is 0 Å². The Bertz CT molecular complexity index is 1200. The number of aryl methyl sites for hydroxylation is 1. The summed E-state index contributed by atoms with van der Waals surface area (Å²) in [6.45, 7) is 4.16. The quantitative estimate of drug-likeness (QED) is 0.384. The Morgan fingerprint density at radius 3 is 2.43 bits per heavy atom. The maximum atomic E-state index is 13.5. The Morgan fingerprint density at radius 2 is 1.76 bits per heavy atom. The summed E-state index contributed by atoms with van der Waals surface area (Å²) in [6, 6.07) is 15.3. The fraction of sp³-hybridized carbons (Fsp3) is 0.370. The minimum Gasteiger partial charge on any atom is -0.348 e. The van der Waals surface area contributed by atoms with E-state index in [1.807, 2.05) is 19.2 Å². The summed E-state index contributed by atoms with van der Waals surface area (Å²) >= 11 is 1.76. The fourth-order valence-electron chi connectivity index (χ4n) is 4.09. The predicted molar refractivity (Wildman–Crippen MR) is 148 cm³/mol. The maximum Gasteiger partial charge on any atom is 0.236 e. The van der Waals surface area contributed by atoms with Crippen molar-refractivity contribution in [3.05, 3.63) is 66.1 Å². The standard InChI is InChI=1S/C27H34FN7OS/c1-19-17-21(7-10-24(19)28)30-25-11-14-29-27(32-25)31-20-5-8-23(9-6-20)37-35-15-12-22(13-16-35)34(4)18-26(36)33(2)3/h5-11,14,17,22H,12-13,15-16,18H2,1-4H3,(H2,29,30,31,32). The number of halogens is 1. The highest BCUT2D eigenvalue weighted by Crippen LogP contribution is 2.29. The van der Waals surface area contributed by atoms with E-state index in [1.165, 1.54) is 11.0 Å². The van der Waals surface area contributed by atoms with Crippen LogP contribution >= 0.6 is 11.9 Å². The molecule has 37 heavy (non-hydrogen) atoms. The molecule has 2 N–H and O–H groups in total. The van der Waals surface area contributed by atoms with E-state index in [2.05, 4.69) is 41.9 Å². The minimum atomic E-state index is -0.234. The third-order valence-corrected chi connectivity index (χ3v) is 7.47. The van der Waals surface area contributed by atoms with Crippen LogP contribution in [0.1, 0.15) is 18.4 Å². The van der Waals surface area contributed by atoms with Gasteiger partial charge in [-0.05, 0) is 92.9 Å². The molecule has 0 atom stereocenters. The minimum absolute atomic E-state index is 0.143. The van der Waals surface area contributed by atoms with Crippen LogP contribution in [-0.4, -0.2) is 76.8 Å². The lowest BCUT2D eigenvalue weighted by Crippen LogP contribution is -2.45. The summed E-state index contributed by atoms with van der Waals surface area (Å²) in [6.07, 6.45) is 3.77. The Kier molecular flexibility index (Phi) is 8.96. The number of amides is 1. The van der Waals surface area contributed by atoms with E-state index >= 15 is 0 Å². The summed E-state index contributed by atoms with van der Waals surface area (Å²) in [4.78, 5) is 25.8. The van der Waals surface area contributed by atoms with Crippen LogP contribution < -0.4 is 10.6 Å². The molecule has 1 fully saturated rings. The zero-order chi connectivity index (χ0) is 26.4. The lowest BCUT2D eigenvalue weighted by atomic mass is 10.1. The van der Waals surface area contributed by atoms with Crippen LogP contribution in [0.2, 0.25) is 0 Å². The van der Waals surface area contributed by atoms with Gasteiger partial charge in [-0.3, -0.25) is 9.69 Å². The van der Waals surface area contributed by atoms with Gasteiger partial charge >= 0.3 is 0 Å². The number of nitrogens with zero attached hydrogens (tertiary/aromatic N) is 5. The number of benzene rings is 2. The molecule has 0 radical (unpaired) electrons. The molecule has 0 bridgehead atoms. The summed E-state index contributed by atoms with van der Waals surface area (Å²) in [5, 5.41) is 6.43. The van der Waals surface area contributed by atoms with Crippen molar-refractivity contribution in [1.29, 1.82) is 0 Å². The van der Waals surface area contributed by atoms with Crippen LogP contribution in [-0.2, 0) is 4.79 Å². The largest absolute Gasteiger partial charge is 0.348 e. The molecule has 0 unspecified atom stereocenters. The molecule has 4 rings (SSSR count). The zero-order valence-electron chi connectivity index (χ0n) is 21.7.